The van der Waals surface area contributed by atoms with Gasteiger partial charge in [-0.2, -0.15) is 0 Å². The van der Waals surface area contributed by atoms with Crippen molar-refractivity contribution in [2.45, 2.75) is 106 Å². The SMILES string of the molecule is CN(C(=O)OC(C)(C)C)C(C(=O)OCC(=O)c1ccc(-c2ccc(C(=O)COC(=O)[C@@H](N(C)C(=O)OC(C)(C)C)C(C)(C)C)cc2)cc1)C(C)(C)C. The number of amides is 2. The Labute approximate surface area is 308 Å². The molecule has 0 aromatic heterocycles. The Hall–Kier alpha value is -4.74. The van der Waals surface area contributed by atoms with Crippen LogP contribution in [0.3, 0.4) is 0 Å². The summed E-state index contributed by atoms with van der Waals surface area (Å²) in [7, 11) is 2.92. The molecule has 12 heteroatoms. The third-order valence-electron chi connectivity index (χ3n) is 7.66. The number of carbonyl (C=O) groups is 6. The average molecular weight is 725 g/mol. The van der Waals surface area contributed by atoms with Gasteiger partial charge in [-0.1, -0.05) is 90.1 Å². The first-order valence-corrected chi connectivity index (χ1v) is 17.1. The zero-order valence-corrected chi connectivity index (χ0v) is 33.2. The first-order valence-electron chi connectivity index (χ1n) is 17.1. The van der Waals surface area contributed by atoms with Crippen LogP contribution in [0.4, 0.5) is 9.59 Å². The van der Waals surface area contributed by atoms with Crippen molar-refractivity contribution in [3.8, 4) is 11.1 Å². The van der Waals surface area contributed by atoms with E-state index in [4.69, 9.17) is 18.9 Å². The maximum Gasteiger partial charge on any atom is 0.410 e. The summed E-state index contributed by atoms with van der Waals surface area (Å²) in [6, 6.07) is 11.4. The van der Waals surface area contributed by atoms with Gasteiger partial charge in [0.2, 0.25) is 0 Å². The second kappa shape index (κ2) is 16.7. The van der Waals surface area contributed by atoms with Gasteiger partial charge in [0.25, 0.3) is 0 Å². The van der Waals surface area contributed by atoms with E-state index in [1.807, 2.05) is 0 Å². The smallest absolute Gasteiger partial charge is 0.410 e. The molecule has 1 unspecified atom stereocenters. The van der Waals surface area contributed by atoms with E-state index in [2.05, 4.69) is 0 Å². The summed E-state index contributed by atoms with van der Waals surface area (Å²) < 4.78 is 21.6. The summed E-state index contributed by atoms with van der Waals surface area (Å²) >= 11 is 0. The van der Waals surface area contributed by atoms with Gasteiger partial charge in [0.05, 0.1) is 0 Å². The minimum atomic E-state index is -0.995. The first kappa shape index (κ1) is 43.4. The second-order valence-electron chi connectivity index (χ2n) is 16.9. The Morgan fingerprint density at radius 2 is 0.769 bits per heavy atom. The minimum absolute atomic E-state index is 0.323. The molecular weight excluding hydrogens is 668 g/mol. The second-order valence-corrected chi connectivity index (χ2v) is 16.9. The number of ketones is 2. The lowest BCUT2D eigenvalue weighted by Gasteiger charge is -2.36. The van der Waals surface area contributed by atoms with Crippen LogP contribution in [-0.2, 0) is 28.5 Å². The predicted octanol–water partition coefficient (Wildman–Crippen LogP) is 7.37. The van der Waals surface area contributed by atoms with Gasteiger partial charge in [0.15, 0.2) is 24.8 Å². The van der Waals surface area contributed by atoms with Crippen molar-refractivity contribution < 1.29 is 47.7 Å². The standard InChI is InChI=1S/C40H56N2O10/c1-37(2,3)31(41(13)35(47)51-39(7,8)9)33(45)49-23-29(43)27-19-15-25(16-20-27)26-17-21-28(22-18-26)30(44)24-50-34(46)32(38(4,5)6)42(14)36(48)52-40(10,11)12/h15-22,31-32H,23-24H2,1-14H3/t31-,32?/m1/s1. The fourth-order valence-electron chi connectivity index (χ4n) is 5.36. The zero-order chi connectivity index (χ0) is 40.0. The van der Waals surface area contributed by atoms with E-state index in [-0.39, 0.29) is 0 Å². The van der Waals surface area contributed by atoms with Gasteiger partial charge in [0.1, 0.15) is 23.3 Å². The largest absolute Gasteiger partial charge is 0.456 e. The van der Waals surface area contributed by atoms with E-state index in [1.165, 1.54) is 23.9 Å². The van der Waals surface area contributed by atoms with Gasteiger partial charge in [-0.3, -0.25) is 19.4 Å². The van der Waals surface area contributed by atoms with E-state index in [1.54, 1.807) is 132 Å². The van der Waals surface area contributed by atoms with Crippen molar-refractivity contribution in [1.82, 2.24) is 9.80 Å². The number of rotatable bonds is 11. The van der Waals surface area contributed by atoms with E-state index in [0.29, 0.717) is 11.1 Å². The summed E-state index contributed by atoms with van der Waals surface area (Å²) in [5, 5.41) is 0. The van der Waals surface area contributed by atoms with Gasteiger partial charge >= 0.3 is 24.1 Å². The Morgan fingerprint density at radius 1 is 0.500 bits per heavy atom. The lowest BCUT2D eigenvalue weighted by Crippen LogP contribution is -2.52. The molecule has 0 saturated carbocycles. The highest BCUT2D eigenvalue weighted by molar-refractivity contribution is 6.00. The van der Waals surface area contributed by atoms with E-state index in [9.17, 15) is 28.8 Å². The predicted molar refractivity (Wildman–Crippen MR) is 197 cm³/mol. The molecule has 2 atom stereocenters. The number of carbonyl (C=O) groups excluding carboxylic acids is 6. The number of nitrogens with zero attached hydrogens (tertiary/aromatic N) is 2. The van der Waals surface area contributed by atoms with Crippen LogP contribution in [0.1, 0.15) is 104 Å². The van der Waals surface area contributed by atoms with Crippen molar-refractivity contribution in [1.29, 1.82) is 0 Å². The average Bonchev–Trinajstić information content (AvgIpc) is 2.99. The maximum absolute atomic E-state index is 13.1. The molecule has 2 amide bonds. The molecule has 12 nitrogen and oxygen atoms in total. The fraction of sp³-hybridized carbons (Fsp3) is 0.550. The summed E-state index contributed by atoms with van der Waals surface area (Å²) in [5.41, 5.74) is -0.727. The molecule has 2 rings (SSSR count). The number of ether oxygens (including phenoxy) is 4. The number of hydrogen-bond donors (Lipinski definition) is 0. The van der Waals surface area contributed by atoms with Crippen molar-refractivity contribution in [2.75, 3.05) is 27.3 Å². The molecule has 0 radical (unpaired) electrons. The Bertz CT molecular complexity index is 1480. The van der Waals surface area contributed by atoms with Crippen LogP contribution in [0.25, 0.3) is 11.1 Å². The van der Waals surface area contributed by atoms with Crippen molar-refractivity contribution >= 4 is 35.7 Å². The topological polar surface area (TPSA) is 146 Å². The van der Waals surface area contributed by atoms with Crippen LogP contribution in [-0.4, -0.2) is 96.1 Å². The van der Waals surface area contributed by atoms with Crippen LogP contribution in [0.2, 0.25) is 0 Å². The molecule has 0 fully saturated rings. The van der Waals surface area contributed by atoms with E-state index >= 15 is 0 Å². The summed E-state index contributed by atoms with van der Waals surface area (Å²) in [5.74, 6) is -2.29. The maximum atomic E-state index is 13.1. The van der Waals surface area contributed by atoms with Crippen LogP contribution < -0.4 is 0 Å². The first-order chi connectivity index (χ1) is 23.6. The van der Waals surface area contributed by atoms with Crippen molar-refractivity contribution in [3.63, 3.8) is 0 Å². The van der Waals surface area contributed by atoms with Crippen molar-refractivity contribution in [3.05, 3.63) is 59.7 Å². The molecule has 0 saturated heterocycles. The summed E-state index contributed by atoms with van der Waals surface area (Å²) in [6.07, 6.45) is -1.36. The lowest BCUT2D eigenvalue weighted by molar-refractivity contribution is -0.153. The highest BCUT2D eigenvalue weighted by Crippen LogP contribution is 2.28. The normalized spacial score (nSPS) is 13.3. The molecule has 0 aliphatic rings. The Morgan fingerprint density at radius 3 is 1.00 bits per heavy atom. The molecule has 286 valence electrons. The highest BCUT2D eigenvalue weighted by Gasteiger charge is 2.41. The number of Topliss-reactive ketones (excluding diaryl/α,β-unsaturated/α-hetero) is 2. The van der Waals surface area contributed by atoms with Gasteiger partial charge in [-0.15, -0.1) is 0 Å². The van der Waals surface area contributed by atoms with Crippen LogP contribution in [0, 0.1) is 10.8 Å². The molecule has 0 bridgehead atoms. The quantitative estimate of drug-likeness (QED) is 0.131. The number of esters is 2. The van der Waals surface area contributed by atoms with E-state index in [0.717, 1.165) is 11.1 Å². The number of likely N-dealkylation sites (N-methyl/N-ethyl adjacent to an activating group) is 2. The lowest BCUT2D eigenvalue weighted by atomic mass is 9.86. The number of hydrogen-bond acceptors (Lipinski definition) is 10. The molecule has 0 aliphatic carbocycles. The molecule has 2 aromatic carbocycles. The van der Waals surface area contributed by atoms with Crippen LogP contribution in [0.5, 0.6) is 0 Å². The molecule has 2 aromatic rings. The monoisotopic (exact) mass is 724 g/mol. The van der Waals surface area contributed by atoms with Crippen molar-refractivity contribution in [2.24, 2.45) is 10.8 Å². The summed E-state index contributed by atoms with van der Waals surface area (Å²) in [6.45, 7) is 20.1. The van der Waals surface area contributed by atoms with Crippen LogP contribution >= 0.6 is 0 Å². The Balaban J connectivity index is 2.05. The fourth-order valence-corrected chi connectivity index (χ4v) is 5.36. The summed E-state index contributed by atoms with van der Waals surface area (Å²) in [4.78, 5) is 79.8. The minimum Gasteiger partial charge on any atom is -0.456 e. The zero-order valence-electron chi connectivity index (χ0n) is 33.2. The Kier molecular flexibility index (Phi) is 14.0. The van der Waals surface area contributed by atoms with Gasteiger partial charge in [-0.05, 0) is 63.5 Å². The molecule has 0 heterocycles. The molecule has 52 heavy (non-hydrogen) atoms. The third-order valence-corrected chi connectivity index (χ3v) is 7.66. The molecule has 0 N–H and O–H groups in total. The number of benzene rings is 2. The van der Waals surface area contributed by atoms with E-state index < -0.39 is 83.0 Å². The van der Waals surface area contributed by atoms with Crippen LogP contribution in [0.15, 0.2) is 48.5 Å². The highest BCUT2D eigenvalue weighted by atomic mass is 16.6. The molecular formula is C40H56N2O10. The molecule has 0 spiro atoms. The van der Waals surface area contributed by atoms with Gasteiger partial charge in [0, 0.05) is 25.2 Å². The van der Waals surface area contributed by atoms with Gasteiger partial charge < -0.3 is 18.9 Å². The molecule has 0 aliphatic heterocycles. The van der Waals surface area contributed by atoms with Gasteiger partial charge in [-0.25, -0.2) is 19.2 Å². The third kappa shape index (κ3) is 12.8.